The second-order valence-corrected chi connectivity index (χ2v) is 9.64. The standard InChI is InChI=1S/C22H38O4S/c1-4-5-6-7-8-9-10-11-12-13-14-15-20(3)27(24,25)26-22-17-16-19(2)18-21(22)23/h16-18,20,23H,4-15H2,1-3H3. The number of phenolic OH excluding ortho intramolecular Hbond substituents is 1. The second-order valence-electron chi connectivity index (χ2n) is 7.68. The largest absolute Gasteiger partial charge is 0.504 e. The lowest BCUT2D eigenvalue weighted by Crippen LogP contribution is -2.23. The van der Waals surface area contributed by atoms with E-state index in [9.17, 15) is 13.5 Å². The molecule has 0 radical (unpaired) electrons. The molecule has 0 aliphatic carbocycles. The van der Waals surface area contributed by atoms with Gasteiger partial charge >= 0.3 is 10.1 Å². The third-order valence-electron chi connectivity index (χ3n) is 5.03. The predicted octanol–water partition coefficient (Wildman–Crippen LogP) is 6.50. The van der Waals surface area contributed by atoms with Gasteiger partial charge in [-0.2, -0.15) is 8.42 Å². The summed E-state index contributed by atoms with van der Waals surface area (Å²) in [7, 11) is -3.72. The highest BCUT2D eigenvalue weighted by atomic mass is 32.2. The molecule has 0 heterocycles. The molecule has 1 aromatic rings. The van der Waals surface area contributed by atoms with Crippen LogP contribution in [0.3, 0.4) is 0 Å². The molecule has 1 N–H and O–H groups in total. The van der Waals surface area contributed by atoms with Crippen molar-refractivity contribution in [3.63, 3.8) is 0 Å². The van der Waals surface area contributed by atoms with Gasteiger partial charge in [-0.05, 0) is 38.0 Å². The van der Waals surface area contributed by atoms with Gasteiger partial charge in [0, 0.05) is 0 Å². The molecule has 156 valence electrons. The van der Waals surface area contributed by atoms with E-state index in [2.05, 4.69) is 6.92 Å². The fourth-order valence-electron chi connectivity index (χ4n) is 3.15. The highest BCUT2D eigenvalue weighted by Crippen LogP contribution is 2.29. The molecule has 1 aromatic carbocycles. The van der Waals surface area contributed by atoms with Crippen LogP contribution in [0.1, 0.15) is 96.5 Å². The van der Waals surface area contributed by atoms with Crippen molar-refractivity contribution in [1.82, 2.24) is 0 Å². The van der Waals surface area contributed by atoms with E-state index in [1.807, 2.05) is 6.92 Å². The number of rotatable bonds is 15. The molecular formula is C22H38O4S. The van der Waals surface area contributed by atoms with Gasteiger partial charge in [0.25, 0.3) is 0 Å². The van der Waals surface area contributed by atoms with Gasteiger partial charge < -0.3 is 9.29 Å². The molecular weight excluding hydrogens is 360 g/mol. The topological polar surface area (TPSA) is 63.6 Å². The van der Waals surface area contributed by atoms with Crippen molar-refractivity contribution in [3.8, 4) is 11.5 Å². The van der Waals surface area contributed by atoms with Gasteiger partial charge in [-0.1, -0.05) is 83.6 Å². The first-order chi connectivity index (χ1) is 12.9. The fourth-order valence-corrected chi connectivity index (χ4v) is 4.16. The minimum absolute atomic E-state index is 0.00591. The minimum atomic E-state index is -3.72. The summed E-state index contributed by atoms with van der Waals surface area (Å²) in [5, 5.41) is 9.25. The second kappa shape index (κ2) is 13.0. The number of aromatic hydroxyl groups is 1. The van der Waals surface area contributed by atoms with E-state index in [0.717, 1.165) is 18.4 Å². The number of hydrogen-bond donors (Lipinski definition) is 1. The van der Waals surface area contributed by atoms with Crippen LogP contribution in [0.5, 0.6) is 11.5 Å². The van der Waals surface area contributed by atoms with Crippen LogP contribution in [0.15, 0.2) is 18.2 Å². The number of hydrogen-bond acceptors (Lipinski definition) is 4. The fraction of sp³-hybridized carbons (Fsp3) is 0.727. The SMILES string of the molecule is CCCCCCCCCCCCCC(C)S(=O)(=O)Oc1ccc(C)cc1O. The van der Waals surface area contributed by atoms with Crippen LogP contribution in [0.4, 0.5) is 0 Å². The van der Waals surface area contributed by atoms with E-state index in [0.29, 0.717) is 6.42 Å². The van der Waals surface area contributed by atoms with Crippen LogP contribution >= 0.6 is 0 Å². The highest BCUT2D eigenvalue weighted by Gasteiger charge is 2.23. The van der Waals surface area contributed by atoms with Crippen molar-refractivity contribution in [2.24, 2.45) is 0 Å². The average Bonchev–Trinajstić information content (AvgIpc) is 2.61. The summed E-state index contributed by atoms with van der Waals surface area (Å²) >= 11 is 0. The Labute approximate surface area is 166 Å². The Morgan fingerprint density at radius 3 is 1.96 bits per heavy atom. The van der Waals surface area contributed by atoms with E-state index < -0.39 is 15.4 Å². The van der Waals surface area contributed by atoms with Crippen LogP contribution in [-0.2, 0) is 10.1 Å². The van der Waals surface area contributed by atoms with Crippen molar-refractivity contribution in [3.05, 3.63) is 23.8 Å². The average molecular weight is 399 g/mol. The molecule has 1 atom stereocenters. The van der Waals surface area contributed by atoms with Crippen LogP contribution in [0.2, 0.25) is 0 Å². The normalized spacial score (nSPS) is 12.9. The summed E-state index contributed by atoms with van der Waals surface area (Å²) in [6.07, 6.45) is 14.3. The molecule has 0 bridgehead atoms. The molecule has 1 rings (SSSR count). The molecule has 5 heteroatoms. The number of benzene rings is 1. The van der Waals surface area contributed by atoms with Crippen molar-refractivity contribution in [1.29, 1.82) is 0 Å². The number of unbranched alkanes of at least 4 members (excludes halogenated alkanes) is 10. The lowest BCUT2D eigenvalue weighted by atomic mass is 10.0. The van der Waals surface area contributed by atoms with Gasteiger partial charge in [-0.15, -0.1) is 0 Å². The van der Waals surface area contributed by atoms with E-state index in [1.54, 1.807) is 13.0 Å². The third kappa shape index (κ3) is 10.0. The zero-order valence-electron chi connectivity index (χ0n) is 17.4. The van der Waals surface area contributed by atoms with Crippen LogP contribution in [0, 0.1) is 6.92 Å². The van der Waals surface area contributed by atoms with Gasteiger partial charge in [0.05, 0.1) is 5.25 Å². The Balaban J connectivity index is 2.17. The smallest absolute Gasteiger partial charge is 0.311 e. The molecule has 27 heavy (non-hydrogen) atoms. The summed E-state index contributed by atoms with van der Waals surface area (Å²) in [4.78, 5) is 0. The summed E-state index contributed by atoms with van der Waals surface area (Å²) in [5.41, 5.74) is 0.853. The van der Waals surface area contributed by atoms with Gasteiger partial charge in [0.15, 0.2) is 11.5 Å². The highest BCUT2D eigenvalue weighted by molar-refractivity contribution is 7.87. The first-order valence-corrected chi connectivity index (χ1v) is 12.1. The monoisotopic (exact) mass is 398 g/mol. The van der Waals surface area contributed by atoms with E-state index in [1.165, 1.54) is 69.9 Å². The first kappa shape index (κ1) is 23.8. The van der Waals surface area contributed by atoms with Gasteiger partial charge in [0.1, 0.15) is 0 Å². The Kier molecular flexibility index (Phi) is 11.5. The molecule has 4 nitrogen and oxygen atoms in total. The Morgan fingerprint density at radius 1 is 0.926 bits per heavy atom. The van der Waals surface area contributed by atoms with Crippen molar-refractivity contribution < 1.29 is 17.7 Å². The molecule has 0 aliphatic rings. The molecule has 0 saturated heterocycles. The van der Waals surface area contributed by atoms with E-state index in [-0.39, 0.29) is 11.5 Å². The van der Waals surface area contributed by atoms with Gasteiger partial charge in [-0.25, -0.2) is 0 Å². The third-order valence-corrected chi connectivity index (χ3v) is 6.66. The molecule has 0 fully saturated rings. The Hall–Kier alpha value is -1.23. The van der Waals surface area contributed by atoms with Crippen molar-refractivity contribution >= 4 is 10.1 Å². The minimum Gasteiger partial charge on any atom is -0.504 e. The quantitative estimate of drug-likeness (QED) is 0.270. The molecule has 1 unspecified atom stereocenters. The lowest BCUT2D eigenvalue weighted by molar-refractivity contribution is 0.421. The van der Waals surface area contributed by atoms with Gasteiger partial charge in [0.2, 0.25) is 0 Å². The van der Waals surface area contributed by atoms with Gasteiger partial charge in [-0.3, -0.25) is 0 Å². The van der Waals surface area contributed by atoms with Crippen LogP contribution in [-0.4, -0.2) is 18.8 Å². The molecule has 0 aromatic heterocycles. The Bertz CT molecular complexity index is 625. The molecule has 0 amide bonds. The Morgan fingerprint density at radius 2 is 1.44 bits per heavy atom. The maximum Gasteiger partial charge on any atom is 0.311 e. The number of phenols is 1. The maximum absolute atomic E-state index is 12.3. The lowest BCUT2D eigenvalue weighted by Gasteiger charge is -2.14. The van der Waals surface area contributed by atoms with Crippen molar-refractivity contribution in [2.45, 2.75) is 103 Å². The summed E-state index contributed by atoms with van der Waals surface area (Å²) in [5.74, 6) is -0.133. The van der Waals surface area contributed by atoms with Crippen LogP contribution < -0.4 is 4.18 Å². The summed E-state index contributed by atoms with van der Waals surface area (Å²) < 4.78 is 29.8. The zero-order chi connectivity index (χ0) is 20.1. The van der Waals surface area contributed by atoms with E-state index >= 15 is 0 Å². The summed E-state index contributed by atoms with van der Waals surface area (Å²) in [6.45, 7) is 5.74. The number of aryl methyl sites for hydroxylation is 1. The van der Waals surface area contributed by atoms with Crippen molar-refractivity contribution in [2.75, 3.05) is 0 Å². The zero-order valence-corrected chi connectivity index (χ0v) is 18.2. The van der Waals surface area contributed by atoms with E-state index in [4.69, 9.17) is 4.18 Å². The predicted molar refractivity (Wildman–Crippen MR) is 113 cm³/mol. The molecule has 0 aliphatic heterocycles. The molecule has 0 saturated carbocycles. The molecule has 0 spiro atoms. The maximum atomic E-state index is 12.3. The summed E-state index contributed by atoms with van der Waals surface area (Å²) in [6, 6.07) is 4.72. The van der Waals surface area contributed by atoms with Crippen LogP contribution in [0.25, 0.3) is 0 Å². The first-order valence-electron chi connectivity index (χ1n) is 10.6.